The zero-order valence-corrected chi connectivity index (χ0v) is 13.0. The molecule has 0 radical (unpaired) electrons. The van der Waals surface area contributed by atoms with E-state index in [4.69, 9.17) is 14.2 Å². The fourth-order valence-electron chi connectivity index (χ4n) is 2.76. The minimum atomic E-state index is -0.882. The van der Waals surface area contributed by atoms with Gasteiger partial charge in [-0.3, -0.25) is 4.79 Å². The molecule has 0 spiro atoms. The van der Waals surface area contributed by atoms with E-state index < -0.39 is 11.9 Å². The molecule has 1 heterocycles. The van der Waals surface area contributed by atoms with Gasteiger partial charge in [0.15, 0.2) is 11.5 Å². The molecule has 1 atom stereocenters. The molecule has 23 heavy (non-hydrogen) atoms. The molecule has 1 aliphatic heterocycles. The van der Waals surface area contributed by atoms with Gasteiger partial charge in [0.05, 0.1) is 13.0 Å². The van der Waals surface area contributed by atoms with Gasteiger partial charge in [-0.05, 0) is 42.7 Å². The van der Waals surface area contributed by atoms with E-state index in [1.165, 1.54) is 0 Å². The molecule has 0 amide bonds. The summed E-state index contributed by atoms with van der Waals surface area (Å²) in [5, 5.41) is 9.66. The summed E-state index contributed by atoms with van der Waals surface area (Å²) in [4.78, 5) is 11.8. The van der Waals surface area contributed by atoms with Gasteiger partial charge in [0.2, 0.25) is 6.79 Å². The molecule has 0 fully saturated rings. The SMILES string of the molecule is COc1ccc(C)cc1CC(C(=O)O)c1ccc2c(c1)OCO2. The number of ether oxygens (including phenoxy) is 3. The number of carboxylic acids is 1. The molecule has 0 bridgehead atoms. The van der Waals surface area contributed by atoms with Gasteiger partial charge in [-0.15, -0.1) is 0 Å². The van der Waals surface area contributed by atoms with E-state index in [9.17, 15) is 9.90 Å². The molecule has 1 aliphatic rings. The van der Waals surface area contributed by atoms with Crippen LogP contribution in [0, 0.1) is 6.92 Å². The highest BCUT2D eigenvalue weighted by molar-refractivity contribution is 5.77. The zero-order valence-electron chi connectivity index (χ0n) is 13.0. The third kappa shape index (κ3) is 3.08. The standard InChI is InChI=1S/C18H18O5/c1-11-3-5-15(21-2)13(7-11)8-14(18(19)20)12-4-6-16-17(9-12)23-10-22-16/h3-7,9,14H,8,10H2,1-2H3,(H,19,20). The quantitative estimate of drug-likeness (QED) is 0.918. The first kappa shape index (κ1) is 15.2. The molecule has 0 aromatic heterocycles. The van der Waals surface area contributed by atoms with Crippen LogP contribution in [0.1, 0.15) is 22.6 Å². The topological polar surface area (TPSA) is 65.0 Å². The van der Waals surface area contributed by atoms with Crippen molar-refractivity contribution in [1.82, 2.24) is 0 Å². The van der Waals surface area contributed by atoms with Gasteiger partial charge in [-0.25, -0.2) is 0 Å². The zero-order chi connectivity index (χ0) is 16.4. The van der Waals surface area contributed by atoms with Gasteiger partial charge in [0.1, 0.15) is 5.75 Å². The number of hydrogen-bond donors (Lipinski definition) is 1. The van der Waals surface area contributed by atoms with Crippen molar-refractivity contribution in [2.24, 2.45) is 0 Å². The van der Waals surface area contributed by atoms with Gasteiger partial charge in [0, 0.05) is 0 Å². The van der Waals surface area contributed by atoms with Crippen molar-refractivity contribution in [2.45, 2.75) is 19.3 Å². The van der Waals surface area contributed by atoms with Crippen LogP contribution in [-0.2, 0) is 11.2 Å². The third-order valence-electron chi connectivity index (χ3n) is 3.96. The number of carboxylic acid groups (broad SMARTS) is 1. The number of rotatable bonds is 5. The lowest BCUT2D eigenvalue weighted by Crippen LogP contribution is -2.15. The Labute approximate surface area is 134 Å². The Kier molecular flexibility index (Phi) is 4.10. The third-order valence-corrected chi connectivity index (χ3v) is 3.96. The van der Waals surface area contributed by atoms with Crippen molar-refractivity contribution in [3.05, 3.63) is 53.1 Å². The van der Waals surface area contributed by atoms with Crippen LogP contribution < -0.4 is 14.2 Å². The molecule has 3 rings (SSSR count). The highest BCUT2D eigenvalue weighted by Gasteiger charge is 2.24. The first-order valence-electron chi connectivity index (χ1n) is 7.34. The van der Waals surface area contributed by atoms with E-state index in [2.05, 4.69) is 0 Å². The van der Waals surface area contributed by atoms with Crippen LogP contribution in [0.5, 0.6) is 17.2 Å². The van der Waals surface area contributed by atoms with Crippen LogP contribution in [0.15, 0.2) is 36.4 Å². The van der Waals surface area contributed by atoms with Crippen molar-refractivity contribution in [2.75, 3.05) is 13.9 Å². The minimum absolute atomic E-state index is 0.169. The van der Waals surface area contributed by atoms with E-state index in [0.29, 0.717) is 29.2 Å². The summed E-state index contributed by atoms with van der Waals surface area (Å²) < 4.78 is 16.0. The van der Waals surface area contributed by atoms with Crippen LogP contribution >= 0.6 is 0 Å². The molecule has 5 nitrogen and oxygen atoms in total. The number of aryl methyl sites for hydroxylation is 1. The fourth-order valence-corrected chi connectivity index (χ4v) is 2.76. The predicted octanol–water partition coefficient (Wildman–Crippen LogP) is 3.14. The Morgan fingerprint density at radius 1 is 1.22 bits per heavy atom. The molecular weight excluding hydrogens is 296 g/mol. The lowest BCUT2D eigenvalue weighted by Gasteiger charge is -2.16. The molecule has 5 heteroatoms. The highest BCUT2D eigenvalue weighted by Crippen LogP contribution is 2.36. The molecular formula is C18H18O5. The maximum Gasteiger partial charge on any atom is 0.311 e. The Morgan fingerprint density at radius 2 is 2.00 bits per heavy atom. The second-order valence-electron chi connectivity index (χ2n) is 5.52. The summed E-state index contributed by atoms with van der Waals surface area (Å²) in [5.74, 6) is 0.367. The van der Waals surface area contributed by atoms with Crippen LogP contribution in [0.3, 0.4) is 0 Å². The van der Waals surface area contributed by atoms with Gasteiger partial charge in [-0.1, -0.05) is 23.8 Å². The number of fused-ring (bicyclic) bond motifs is 1. The van der Waals surface area contributed by atoms with E-state index in [1.807, 2.05) is 25.1 Å². The second-order valence-corrected chi connectivity index (χ2v) is 5.52. The van der Waals surface area contributed by atoms with Gasteiger partial charge in [-0.2, -0.15) is 0 Å². The summed E-state index contributed by atoms with van der Waals surface area (Å²) in [6, 6.07) is 11.0. The van der Waals surface area contributed by atoms with Gasteiger partial charge >= 0.3 is 5.97 Å². The van der Waals surface area contributed by atoms with Crippen LogP contribution in [0.4, 0.5) is 0 Å². The van der Waals surface area contributed by atoms with Crippen LogP contribution in [0.25, 0.3) is 0 Å². The molecule has 2 aromatic carbocycles. The summed E-state index contributed by atoms with van der Waals surface area (Å²) >= 11 is 0. The first-order chi connectivity index (χ1) is 11.1. The lowest BCUT2D eigenvalue weighted by molar-refractivity contribution is -0.138. The van der Waals surface area contributed by atoms with E-state index in [0.717, 1.165) is 11.1 Å². The number of methoxy groups -OCH3 is 1. The molecule has 120 valence electrons. The number of carbonyl (C=O) groups is 1. The van der Waals surface area contributed by atoms with Gasteiger partial charge < -0.3 is 19.3 Å². The summed E-state index contributed by atoms with van der Waals surface area (Å²) in [5.41, 5.74) is 2.62. The van der Waals surface area contributed by atoms with Crippen molar-refractivity contribution in [3.8, 4) is 17.2 Å². The predicted molar refractivity (Wildman–Crippen MR) is 84.4 cm³/mol. The summed E-state index contributed by atoms with van der Waals surface area (Å²) in [6.45, 7) is 2.14. The van der Waals surface area contributed by atoms with E-state index in [-0.39, 0.29) is 6.79 Å². The second kappa shape index (κ2) is 6.20. The van der Waals surface area contributed by atoms with Crippen molar-refractivity contribution in [3.63, 3.8) is 0 Å². The van der Waals surface area contributed by atoms with E-state index in [1.54, 1.807) is 25.3 Å². The Morgan fingerprint density at radius 3 is 2.74 bits per heavy atom. The van der Waals surface area contributed by atoms with Crippen LogP contribution in [-0.4, -0.2) is 25.0 Å². The fraction of sp³-hybridized carbons (Fsp3) is 0.278. The van der Waals surface area contributed by atoms with Crippen molar-refractivity contribution in [1.29, 1.82) is 0 Å². The summed E-state index contributed by atoms with van der Waals surface area (Å²) in [7, 11) is 1.59. The Bertz CT molecular complexity index is 738. The molecule has 0 aliphatic carbocycles. The molecule has 1 unspecified atom stereocenters. The average molecular weight is 314 g/mol. The summed E-state index contributed by atoms with van der Waals surface area (Å²) in [6.07, 6.45) is 0.347. The highest BCUT2D eigenvalue weighted by atomic mass is 16.7. The van der Waals surface area contributed by atoms with Crippen molar-refractivity contribution < 1.29 is 24.1 Å². The Balaban J connectivity index is 1.94. The number of aliphatic carboxylic acids is 1. The lowest BCUT2D eigenvalue weighted by atomic mass is 9.91. The van der Waals surface area contributed by atoms with Gasteiger partial charge in [0.25, 0.3) is 0 Å². The van der Waals surface area contributed by atoms with Crippen molar-refractivity contribution >= 4 is 5.97 Å². The van der Waals surface area contributed by atoms with Crippen LogP contribution in [0.2, 0.25) is 0 Å². The maximum atomic E-state index is 11.8. The molecule has 1 N–H and O–H groups in total. The number of hydrogen-bond acceptors (Lipinski definition) is 4. The first-order valence-corrected chi connectivity index (χ1v) is 7.34. The number of benzene rings is 2. The molecule has 0 saturated carbocycles. The Hall–Kier alpha value is -2.69. The average Bonchev–Trinajstić information content (AvgIpc) is 3.00. The monoisotopic (exact) mass is 314 g/mol. The minimum Gasteiger partial charge on any atom is -0.496 e. The normalized spacial score (nSPS) is 13.7. The smallest absolute Gasteiger partial charge is 0.311 e. The van der Waals surface area contributed by atoms with E-state index >= 15 is 0 Å². The maximum absolute atomic E-state index is 11.8. The molecule has 0 saturated heterocycles. The largest absolute Gasteiger partial charge is 0.496 e. The molecule has 2 aromatic rings.